The second kappa shape index (κ2) is 7.49. The van der Waals surface area contributed by atoms with E-state index in [2.05, 4.69) is 5.43 Å². The summed E-state index contributed by atoms with van der Waals surface area (Å²) in [5, 5.41) is 0. The Morgan fingerprint density at radius 3 is 2.57 bits per heavy atom. The molecule has 0 amide bonds. The summed E-state index contributed by atoms with van der Waals surface area (Å²) >= 11 is 1.40. The Kier molecular flexibility index (Phi) is 5.67. The molecule has 2 aromatic rings. The maximum atomic E-state index is 13.6. The zero-order valence-electron chi connectivity index (χ0n) is 11.2. The van der Waals surface area contributed by atoms with Gasteiger partial charge in [-0.25, -0.2) is 13.2 Å². The van der Waals surface area contributed by atoms with E-state index in [-0.39, 0.29) is 23.8 Å². The maximum absolute atomic E-state index is 13.6. The summed E-state index contributed by atoms with van der Waals surface area (Å²) in [4.78, 5) is 0.759. The van der Waals surface area contributed by atoms with Crippen LogP contribution in [0.5, 0.6) is 0 Å². The van der Waals surface area contributed by atoms with Gasteiger partial charge in [0.2, 0.25) is 0 Å². The summed E-state index contributed by atoms with van der Waals surface area (Å²) in [7, 11) is 0. The average Bonchev–Trinajstić information content (AvgIpc) is 2.48. The van der Waals surface area contributed by atoms with Crippen LogP contribution in [0.4, 0.5) is 13.2 Å². The first-order chi connectivity index (χ1) is 10.1. The average molecular weight is 312 g/mol. The predicted octanol–water partition coefficient (Wildman–Crippen LogP) is 3.27. The molecule has 3 N–H and O–H groups in total. The molecule has 0 aliphatic carbocycles. The highest BCUT2D eigenvalue weighted by Gasteiger charge is 2.14. The molecule has 0 aliphatic rings. The van der Waals surface area contributed by atoms with Crippen LogP contribution in [0.2, 0.25) is 0 Å². The molecule has 0 saturated carbocycles. The molecule has 0 bridgehead atoms. The second-order valence-electron chi connectivity index (χ2n) is 4.55. The number of halogens is 3. The minimum Gasteiger partial charge on any atom is -0.271 e. The minimum atomic E-state index is -0.874. The first kappa shape index (κ1) is 15.9. The number of nitrogens with two attached hydrogens (primary N) is 1. The van der Waals surface area contributed by atoms with Gasteiger partial charge in [-0.15, -0.1) is 11.8 Å². The first-order valence-corrected chi connectivity index (χ1v) is 7.36. The molecule has 0 fully saturated rings. The van der Waals surface area contributed by atoms with Gasteiger partial charge in [0.25, 0.3) is 0 Å². The number of rotatable bonds is 6. The van der Waals surface area contributed by atoms with Crippen molar-refractivity contribution in [1.29, 1.82) is 0 Å². The summed E-state index contributed by atoms with van der Waals surface area (Å²) < 4.78 is 39.8. The van der Waals surface area contributed by atoms with E-state index in [0.717, 1.165) is 11.0 Å². The normalized spacial score (nSPS) is 12.4. The molecule has 6 heteroatoms. The third kappa shape index (κ3) is 4.49. The van der Waals surface area contributed by atoms with Gasteiger partial charge in [0.15, 0.2) is 11.6 Å². The summed E-state index contributed by atoms with van der Waals surface area (Å²) in [6, 6.07) is 9.99. The van der Waals surface area contributed by atoms with E-state index in [4.69, 9.17) is 5.84 Å². The van der Waals surface area contributed by atoms with Gasteiger partial charge in [-0.3, -0.25) is 11.3 Å². The van der Waals surface area contributed by atoms with Crippen LogP contribution < -0.4 is 11.3 Å². The van der Waals surface area contributed by atoms with Crippen LogP contribution in [0.15, 0.2) is 47.4 Å². The molecule has 21 heavy (non-hydrogen) atoms. The molecule has 0 radical (unpaired) electrons. The molecule has 2 nitrogen and oxygen atoms in total. The van der Waals surface area contributed by atoms with Crippen molar-refractivity contribution in [3.05, 3.63) is 65.5 Å². The number of benzene rings is 2. The lowest BCUT2D eigenvalue weighted by Crippen LogP contribution is -2.38. The molecule has 0 heterocycles. The van der Waals surface area contributed by atoms with E-state index in [1.54, 1.807) is 12.1 Å². The van der Waals surface area contributed by atoms with Gasteiger partial charge in [-0.05, 0) is 36.2 Å². The second-order valence-corrected chi connectivity index (χ2v) is 5.64. The standard InChI is InChI=1S/C15H15F3N2S/c16-11-4-2-5-13(8-11)21-9-12(20-19)7-10-3-1-6-14(17)15(10)18/h1-6,8,12,20H,7,9,19H2. The Labute approximate surface area is 125 Å². The number of thioether (sulfide) groups is 1. The van der Waals surface area contributed by atoms with Gasteiger partial charge in [-0.2, -0.15) is 0 Å². The molecule has 1 unspecified atom stereocenters. The van der Waals surface area contributed by atoms with Crippen LogP contribution in [0.1, 0.15) is 5.56 Å². The quantitative estimate of drug-likeness (QED) is 0.488. The van der Waals surface area contributed by atoms with Crippen LogP contribution in [-0.4, -0.2) is 11.8 Å². The van der Waals surface area contributed by atoms with Crippen molar-refractivity contribution in [3.8, 4) is 0 Å². The van der Waals surface area contributed by atoms with Crippen molar-refractivity contribution in [3.63, 3.8) is 0 Å². The van der Waals surface area contributed by atoms with Crippen molar-refractivity contribution >= 4 is 11.8 Å². The number of nitrogens with one attached hydrogen (secondary N) is 1. The molecule has 0 spiro atoms. The van der Waals surface area contributed by atoms with Crippen LogP contribution in [0, 0.1) is 17.5 Å². The molecular formula is C15H15F3N2S. The Hall–Kier alpha value is -1.50. The van der Waals surface area contributed by atoms with E-state index in [1.165, 1.54) is 36.0 Å². The Balaban J connectivity index is 1.99. The highest BCUT2D eigenvalue weighted by atomic mass is 32.2. The van der Waals surface area contributed by atoms with Gasteiger partial charge in [0.05, 0.1) is 0 Å². The molecule has 1 atom stereocenters. The fraction of sp³-hybridized carbons (Fsp3) is 0.200. The number of hydrazine groups is 1. The fourth-order valence-corrected chi connectivity index (χ4v) is 2.87. The molecule has 2 aromatic carbocycles. The maximum Gasteiger partial charge on any atom is 0.162 e. The van der Waals surface area contributed by atoms with Crippen molar-refractivity contribution in [2.24, 2.45) is 5.84 Å². The Morgan fingerprint density at radius 1 is 1.10 bits per heavy atom. The molecule has 112 valence electrons. The number of hydrogen-bond donors (Lipinski definition) is 2. The smallest absolute Gasteiger partial charge is 0.162 e. The summed E-state index contributed by atoms with van der Waals surface area (Å²) in [6.07, 6.45) is 0.252. The topological polar surface area (TPSA) is 38.0 Å². The lowest BCUT2D eigenvalue weighted by molar-refractivity contribution is 0.486. The molecule has 2 rings (SSSR count). The highest BCUT2D eigenvalue weighted by molar-refractivity contribution is 7.99. The zero-order valence-corrected chi connectivity index (χ0v) is 12.0. The zero-order chi connectivity index (χ0) is 15.2. The van der Waals surface area contributed by atoms with Gasteiger partial charge in [0.1, 0.15) is 5.82 Å². The third-order valence-corrected chi connectivity index (χ3v) is 4.14. The monoisotopic (exact) mass is 312 g/mol. The lowest BCUT2D eigenvalue weighted by Gasteiger charge is -2.16. The van der Waals surface area contributed by atoms with Gasteiger partial charge in [0, 0.05) is 16.7 Å². The summed E-state index contributed by atoms with van der Waals surface area (Å²) in [5.74, 6) is 3.92. The van der Waals surface area contributed by atoms with E-state index in [1.807, 2.05) is 0 Å². The Bertz CT molecular complexity index is 607. The van der Waals surface area contributed by atoms with Crippen molar-refractivity contribution in [2.75, 3.05) is 5.75 Å². The third-order valence-electron chi connectivity index (χ3n) is 2.98. The predicted molar refractivity (Wildman–Crippen MR) is 78.3 cm³/mol. The summed E-state index contributed by atoms with van der Waals surface area (Å²) in [6.45, 7) is 0. The van der Waals surface area contributed by atoms with E-state index in [9.17, 15) is 13.2 Å². The van der Waals surface area contributed by atoms with Crippen LogP contribution in [0.3, 0.4) is 0 Å². The SMILES string of the molecule is NNC(CSc1cccc(F)c1)Cc1cccc(F)c1F. The van der Waals surface area contributed by atoms with Crippen LogP contribution in [-0.2, 0) is 6.42 Å². The lowest BCUT2D eigenvalue weighted by atomic mass is 10.1. The molecule has 0 aliphatic heterocycles. The largest absolute Gasteiger partial charge is 0.271 e. The fourth-order valence-electron chi connectivity index (χ4n) is 1.89. The molecule has 0 aromatic heterocycles. The Morgan fingerprint density at radius 2 is 1.86 bits per heavy atom. The van der Waals surface area contributed by atoms with Crippen LogP contribution >= 0.6 is 11.8 Å². The van der Waals surface area contributed by atoms with Crippen molar-refractivity contribution in [1.82, 2.24) is 5.43 Å². The van der Waals surface area contributed by atoms with Crippen molar-refractivity contribution in [2.45, 2.75) is 17.4 Å². The molecule has 0 saturated heterocycles. The van der Waals surface area contributed by atoms with Gasteiger partial charge < -0.3 is 0 Å². The summed E-state index contributed by atoms with van der Waals surface area (Å²) in [5.41, 5.74) is 2.84. The van der Waals surface area contributed by atoms with Crippen LogP contribution in [0.25, 0.3) is 0 Å². The van der Waals surface area contributed by atoms with E-state index >= 15 is 0 Å². The van der Waals surface area contributed by atoms with Gasteiger partial charge >= 0.3 is 0 Å². The van der Waals surface area contributed by atoms with E-state index < -0.39 is 11.6 Å². The number of hydrogen-bond acceptors (Lipinski definition) is 3. The van der Waals surface area contributed by atoms with Gasteiger partial charge in [-0.1, -0.05) is 18.2 Å². The minimum absolute atomic E-state index is 0.252. The molecular weight excluding hydrogens is 297 g/mol. The highest BCUT2D eigenvalue weighted by Crippen LogP contribution is 2.21. The first-order valence-electron chi connectivity index (χ1n) is 6.37. The van der Waals surface area contributed by atoms with Crippen molar-refractivity contribution < 1.29 is 13.2 Å². The van der Waals surface area contributed by atoms with E-state index in [0.29, 0.717) is 5.75 Å².